The number of amides is 1. The first-order valence-electron chi connectivity index (χ1n) is 8.03. The van der Waals surface area contributed by atoms with Gasteiger partial charge in [-0.2, -0.15) is 5.10 Å². The highest BCUT2D eigenvalue weighted by Gasteiger charge is 2.18. The summed E-state index contributed by atoms with van der Waals surface area (Å²) >= 11 is 0. The summed E-state index contributed by atoms with van der Waals surface area (Å²) in [5, 5.41) is 4.46. The molecule has 0 aliphatic rings. The van der Waals surface area contributed by atoms with E-state index in [0.717, 1.165) is 17.8 Å². The Hall–Kier alpha value is -2.14. The second-order valence-corrected chi connectivity index (χ2v) is 6.34. The summed E-state index contributed by atoms with van der Waals surface area (Å²) in [4.78, 5) is 14.2. The van der Waals surface area contributed by atoms with Crippen LogP contribution in [-0.4, -0.2) is 40.2 Å². The lowest BCUT2D eigenvalue weighted by Gasteiger charge is -2.20. The van der Waals surface area contributed by atoms with Crippen molar-refractivity contribution in [1.82, 2.24) is 14.7 Å². The molecule has 1 aromatic carbocycles. The largest absolute Gasteiger partial charge is 0.340 e. The van der Waals surface area contributed by atoms with Gasteiger partial charge in [-0.05, 0) is 37.5 Å². The molecule has 5 nitrogen and oxygen atoms in total. The Labute approximate surface area is 138 Å². The van der Waals surface area contributed by atoms with Gasteiger partial charge in [0, 0.05) is 25.3 Å². The summed E-state index contributed by atoms with van der Waals surface area (Å²) in [6.07, 6.45) is 0.790. The van der Waals surface area contributed by atoms with Crippen LogP contribution in [0, 0.1) is 12.8 Å². The fraction of sp³-hybridized carbons (Fsp3) is 0.444. The van der Waals surface area contributed by atoms with E-state index < -0.39 is 0 Å². The number of carbonyl (C=O) groups excluding carboxylic acids is 1. The number of carbonyl (C=O) groups is 1. The normalized spacial score (nSPS) is 12.4. The summed E-state index contributed by atoms with van der Waals surface area (Å²) in [6, 6.07) is 11.7. The van der Waals surface area contributed by atoms with Gasteiger partial charge in [0.25, 0.3) is 5.91 Å². The number of nitrogens with zero attached hydrogens (tertiary/aromatic N) is 3. The number of hydrogen-bond acceptors (Lipinski definition) is 3. The minimum atomic E-state index is -0.0706. The van der Waals surface area contributed by atoms with E-state index in [2.05, 4.69) is 18.9 Å². The zero-order valence-corrected chi connectivity index (χ0v) is 14.4. The Balaban J connectivity index is 2.08. The van der Waals surface area contributed by atoms with Gasteiger partial charge in [-0.3, -0.25) is 4.79 Å². The fourth-order valence-corrected chi connectivity index (χ4v) is 2.38. The summed E-state index contributed by atoms with van der Waals surface area (Å²) in [6.45, 7) is 6.77. The topological polar surface area (TPSA) is 64.2 Å². The molecule has 1 atom stereocenters. The molecular weight excluding hydrogens is 288 g/mol. The Morgan fingerprint density at radius 3 is 2.57 bits per heavy atom. The molecule has 23 heavy (non-hydrogen) atoms. The van der Waals surface area contributed by atoms with Crippen molar-refractivity contribution in [2.24, 2.45) is 11.7 Å². The third kappa shape index (κ3) is 4.20. The highest BCUT2D eigenvalue weighted by atomic mass is 16.2. The van der Waals surface area contributed by atoms with Crippen LogP contribution >= 0.6 is 0 Å². The number of rotatable bonds is 6. The third-order valence-electron chi connectivity index (χ3n) is 4.11. The number of benzene rings is 1. The van der Waals surface area contributed by atoms with Crippen LogP contribution in [0.5, 0.6) is 0 Å². The van der Waals surface area contributed by atoms with Gasteiger partial charge >= 0.3 is 0 Å². The van der Waals surface area contributed by atoms with E-state index in [-0.39, 0.29) is 11.9 Å². The van der Waals surface area contributed by atoms with E-state index in [4.69, 9.17) is 5.73 Å². The molecule has 0 saturated carbocycles. The lowest BCUT2D eigenvalue weighted by molar-refractivity contribution is 0.0783. The first kappa shape index (κ1) is 17.2. The van der Waals surface area contributed by atoms with Gasteiger partial charge in [0.15, 0.2) is 5.69 Å². The Morgan fingerprint density at radius 2 is 1.96 bits per heavy atom. The van der Waals surface area contributed by atoms with Crippen molar-refractivity contribution in [2.45, 2.75) is 33.2 Å². The molecule has 0 radical (unpaired) electrons. The summed E-state index contributed by atoms with van der Waals surface area (Å²) in [5.41, 5.74) is 8.40. The van der Waals surface area contributed by atoms with Crippen LogP contribution in [-0.2, 0) is 0 Å². The predicted octanol–water partition coefficient (Wildman–Crippen LogP) is 2.63. The summed E-state index contributed by atoms with van der Waals surface area (Å²) in [7, 11) is 1.80. The molecule has 1 heterocycles. The smallest absolute Gasteiger partial charge is 0.274 e. The molecule has 1 amide bonds. The molecule has 5 heteroatoms. The van der Waals surface area contributed by atoms with E-state index in [1.54, 1.807) is 16.6 Å². The molecule has 0 spiro atoms. The SMILES string of the molecule is Cc1cc(C(=O)N(C)CCC(N)C(C)C)nn1-c1ccccc1. The Bertz CT molecular complexity index is 648. The van der Waals surface area contributed by atoms with Gasteiger partial charge in [0.1, 0.15) is 0 Å². The maximum absolute atomic E-state index is 12.5. The molecule has 124 valence electrons. The van der Waals surface area contributed by atoms with Crippen LogP contribution in [0.2, 0.25) is 0 Å². The molecular formula is C18H26N4O. The standard InChI is InChI=1S/C18H26N4O/c1-13(2)16(19)10-11-21(4)18(23)17-12-14(3)22(20-17)15-8-6-5-7-9-15/h5-9,12-13,16H,10-11,19H2,1-4H3. The van der Waals surface area contributed by atoms with Crippen LogP contribution in [0.3, 0.4) is 0 Å². The predicted molar refractivity (Wildman–Crippen MR) is 92.7 cm³/mol. The molecule has 2 rings (SSSR count). The number of aromatic nitrogens is 2. The highest BCUT2D eigenvalue weighted by molar-refractivity contribution is 5.92. The zero-order chi connectivity index (χ0) is 17.0. The lowest BCUT2D eigenvalue weighted by atomic mass is 10.0. The summed E-state index contributed by atoms with van der Waals surface area (Å²) in [5.74, 6) is 0.344. The quantitative estimate of drug-likeness (QED) is 0.891. The molecule has 0 bridgehead atoms. The average Bonchev–Trinajstić information content (AvgIpc) is 2.94. The molecule has 0 aliphatic heterocycles. The van der Waals surface area contributed by atoms with Gasteiger partial charge in [-0.1, -0.05) is 32.0 Å². The highest BCUT2D eigenvalue weighted by Crippen LogP contribution is 2.13. The number of nitrogens with two attached hydrogens (primary N) is 1. The van der Waals surface area contributed by atoms with Crippen molar-refractivity contribution >= 4 is 5.91 Å². The van der Waals surface area contributed by atoms with E-state index in [9.17, 15) is 4.79 Å². The molecule has 0 saturated heterocycles. The van der Waals surface area contributed by atoms with Gasteiger partial charge < -0.3 is 10.6 Å². The zero-order valence-electron chi connectivity index (χ0n) is 14.4. The van der Waals surface area contributed by atoms with Gasteiger partial charge in [0.2, 0.25) is 0 Å². The van der Waals surface area contributed by atoms with Crippen LogP contribution in [0.1, 0.15) is 36.5 Å². The third-order valence-corrected chi connectivity index (χ3v) is 4.11. The monoisotopic (exact) mass is 314 g/mol. The lowest BCUT2D eigenvalue weighted by Crippen LogP contribution is -2.34. The minimum Gasteiger partial charge on any atom is -0.340 e. The van der Waals surface area contributed by atoms with Crippen LogP contribution in [0.4, 0.5) is 0 Å². The molecule has 2 N–H and O–H groups in total. The summed E-state index contributed by atoms with van der Waals surface area (Å²) < 4.78 is 1.79. The average molecular weight is 314 g/mol. The minimum absolute atomic E-state index is 0.0706. The second-order valence-electron chi connectivity index (χ2n) is 6.34. The fourth-order valence-electron chi connectivity index (χ4n) is 2.38. The van der Waals surface area contributed by atoms with Crippen LogP contribution < -0.4 is 5.73 Å². The van der Waals surface area contributed by atoms with E-state index in [1.807, 2.05) is 43.3 Å². The Morgan fingerprint density at radius 1 is 1.30 bits per heavy atom. The van der Waals surface area contributed by atoms with Gasteiger partial charge in [-0.25, -0.2) is 4.68 Å². The van der Waals surface area contributed by atoms with Crippen molar-refractivity contribution < 1.29 is 4.79 Å². The molecule has 2 aromatic rings. The molecule has 0 aliphatic carbocycles. The Kier molecular flexibility index (Phi) is 5.55. The molecule has 1 unspecified atom stereocenters. The van der Waals surface area contributed by atoms with Crippen LogP contribution in [0.15, 0.2) is 36.4 Å². The van der Waals surface area contributed by atoms with Crippen molar-refractivity contribution in [3.63, 3.8) is 0 Å². The van der Waals surface area contributed by atoms with Gasteiger partial charge in [-0.15, -0.1) is 0 Å². The van der Waals surface area contributed by atoms with Crippen molar-refractivity contribution in [1.29, 1.82) is 0 Å². The second kappa shape index (κ2) is 7.42. The van der Waals surface area contributed by atoms with Crippen LogP contribution in [0.25, 0.3) is 5.69 Å². The van der Waals surface area contributed by atoms with E-state index in [1.165, 1.54) is 0 Å². The van der Waals surface area contributed by atoms with E-state index >= 15 is 0 Å². The first-order chi connectivity index (χ1) is 10.9. The first-order valence-corrected chi connectivity index (χ1v) is 8.03. The van der Waals surface area contributed by atoms with Gasteiger partial charge in [0.05, 0.1) is 5.69 Å². The maximum Gasteiger partial charge on any atom is 0.274 e. The number of aryl methyl sites for hydroxylation is 1. The number of para-hydroxylation sites is 1. The maximum atomic E-state index is 12.5. The van der Waals surface area contributed by atoms with E-state index in [0.29, 0.717) is 18.2 Å². The number of hydrogen-bond donors (Lipinski definition) is 1. The van der Waals surface area contributed by atoms with Crippen molar-refractivity contribution in [3.05, 3.63) is 47.8 Å². The molecule has 1 aromatic heterocycles. The van der Waals surface area contributed by atoms with Crippen molar-refractivity contribution in [3.8, 4) is 5.69 Å². The van der Waals surface area contributed by atoms with Crippen molar-refractivity contribution in [2.75, 3.05) is 13.6 Å². The molecule has 0 fully saturated rings.